The van der Waals surface area contributed by atoms with Gasteiger partial charge in [0.1, 0.15) is 11.9 Å². The van der Waals surface area contributed by atoms with Crippen LogP contribution >= 0.6 is 0 Å². The molecule has 1 amide bonds. The number of fused-ring (bicyclic) bond motifs is 1. The molecule has 2 aromatic rings. The van der Waals surface area contributed by atoms with Crippen molar-refractivity contribution >= 4 is 11.6 Å². The van der Waals surface area contributed by atoms with Crippen LogP contribution in [0.25, 0.3) is 0 Å². The van der Waals surface area contributed by atoms with Crippen LogP contribution < -0.4 is 10.1 Å². The summed E-state index contributed by atoms with van der Waals surface area (Å²) in [6.45, 7) is 17.2. The number of carbonyl (C=O) groups is 1. The largest absolute Gasteiger partial charge is 0.494 e. The van der Waals surface area contributed by atoms with E-state index in [0.29, 0.717) is 18.7 Å². The van der Waals surface area contributed by atoms with Crippen molar-refractivity contribution < 1.29 is 9.53 Å². The second-order valence-corrected chi connectivity index (χ2v) is 7.59. The maximum atomic E-state index is 13.5. The van der Waals surface area contributed by atoms with Crippen molar-refractivity contribution in [3.8, 4) is 5.75 Å². The molecule has 1 aliphatic rings. The molecule has 0 saturated heterocycles. The van der Waals surface area contributed by atoms with Crippen LogP contribution in [0, 0.1) is 0 Å². The van der Waals surface area contributed by atoms with Gasteiger partial charge < -0.3 is 15.0 Å². The summed E-state index contributed by atoms with van der Waals surface area (Å²) in [6.07, 6.45) is 6.47. The van der Waals surface area contributed by atoms with E-state index >= 15 is 0 Å². The van der Waals surface area contributed by atoms with Crippen LogP contribution in [0.1, 0.15) is 69.2 Å². The minimum Gasteiger partial charge on any atom is -0.494 e. The molecule has 176 valence electrons. The summed E-state index contributed by atoms with van der Waals surface area (Å²) in [5, 5.41) is 3.59. The Labute approximate surface area is 199 Å². The van der Waals surface area contributed by atoms with Gasteiger partial charge in [-0.05, 0) is 73.7 Å². The molecule has 0 spiro atoms. The molecule has 0 aromatic heterocycles. The quantitative estimate of drug-likeness (QED) is 0.432. The highest BCUT2D eigenvalue weighted by Gasteiger charge is 2.33. The molecular formula is C29H38N2O2. The molecule has 33 heavy (non-hydrogen) atoms. The zero-order valence-electron chi connectivity index (χ0n) is 20.9. The second kappa shape index (κ2) is 12.7. The highest BCUT2D eigenvalue weighted by Crippen LogP contribution is 2.35. The Bertz CT molecular complexity index is 1020. The van der Waals surface area contributed by atoms with Gasteiger partial charge >= 0.3 is 0 Å². The number of hydrogen-bond acceptors (Lipinski definition) is 3. The monoisotopic (exact) mass is 446 g/mol. The summed E-state index contributed by atoms with van der Waals surface area (Å²) in [6, 6.07) is 13.9. The Morgan fingerprint density at radius 1 is 1.18 bits per heavy atom. The van der Waals surface area contributed by atoms with Gasteiger partial charge in [-0.2, -0.15) is 0 Å². The number of nitrogens with one attached hydrogen (secondary N) is 1. The molecule has 1 aliphatic heterocycles. The summed E-state index contributed by atoms with van der Waals surface area (Å²) in [7, 11) is 0. The van der Waals surface area contributed by atoms with Crippen LogP contribution in [0.15, 0.2) is 78.4 Å². The molecule has 1 N–H and O–H groups in total. The van der Waals surface area contributed by atoms with Crippen molar-refractivity contribution in [1.29, 1.82) is 0 Å². The van der Waals surface area contributed by atoms with E-state index in [0.717, 1.165) is 40.1 Å². The first-order valence-corrected chi connectivity index (χ1v) is 11.9. The van der Waals surface area contributed by atoms with Gasteiger partial charge in [0.05, 0.1) is 12.2 Å². The van der Waals surface area contributed by atoms with Gasteiger partial charge in [0.25, 0.3) is 5.91 Å². The maximum Gasteiger partial charge on any atom is 0.258 e. The molecule has 0 saturated carbocycles. The predicted molar refractivity (Wildman–Crippen MR) is 140 cm³/mol. The number of benzene rings is 2. The number of aryl methyl sites for hydroxylation is 1. The average Bonchev–Trinajstić information content (AvgIpc) is 2.85. The van der Waals surface area contributed by atoms with Gasteiger partial charge in [-0.1, -0.05) is 63.8 Å². The molecule has 1 unspecified atom stereocenters. The van der Waals surface area contributed by atoms with Crippen molar-refractivity contribution in [3.05, 3.63) is 95.1 Å². The number of rotatable bonds is 8. The Kier molecular flexibility index (Phi) is 9.99. The first kappa shape index (κ1) is 26.0. The highest BCUT2D eigenvalue weighted by molar-refractivity contribution is 6.01. The number of allylic oxidation sites excluding steroid dienone is 3. The summed E-state index contributed by atoms with van der Waals surface area (Å²) in [5.41, 5.74) is 5.85. The number of anilines is 1. The molecule has 3 rings (SSSR count). The SMILES string of the molecule is C=C/C(CN1C(=O)c2ccccc2NC1c1ccc(OCC)c(CC)c1)=C(C)\C=C/C.CC. The fourth-order valence-electron chi connectivity index (χ4n) is 3.95. The van der Waals surface area contributed by atoms with Crippen molar-refractivity contribution in [2.75, 3.05) is 18.5 Å². The zero-order chi connectivity index (χ0) is 24.4. The van der Waals surface area contributed by atoms with Gasteiger partial charge in [0.2, 0.25) is 0 Å². The fourth-order valence-corrected chi connectivity index (χ4v) is 3.95. The van der Waals surface area contributed by atoms with Crippen LogP contribution in [0.3, 0.4) is 0 Å². The normalized spacial score (nSPS) is 15.8. The maximum absolute atomic E-state index is 13.5. The number of hydrogen-bond donors (Lipinski definition) is 1. The van der Waals surface area contributed by atoms with E-state index in [4.69, 9.17) is 4.74 Å². The molecule has 0 radical (unpaired) electrons. The standard InChI is InChI=1S/C27H32N2O2.C2H6/c1-6-12-19(5)21(8-3)18-29-26(28-24-14-11-10-13-23(24)27(29)30)22-15-16-25(31-9-4)20(7-2)17-22;1-2/h6,8,10-17,26,28H,3,7,9,18H2,1-2,4-5H3;1-2H3/b12-6-,21-19+;. The summed E-state index contributed by atoms with van der Waals surface area (Å²) in [5.74, 6) is 0.914. The molecule has 4 heteroatoms. The van der Waals surface area contributed by atoms with Gasteiger partial charge in [0, 0.05) is 12.2 Å². The number of nitrogens with zero attached hydrogens (tertiary/aromatic N) is 1. The van der Waals surface area contributed by atoms with E-state index in [-0.39, 0.29) is 12.1 Å². The molecule has 2 aromatic carbocycles. The predicted octanol–water partition coefficient (Wildman–Crippen LogP) is 7.32. The van der Waals surface area contributed by atoms with Crippen LogP contribution in [0.5, 0.6) is 5.75 Å². The molecular weight excluding hydrogens is 408 g/mol. The van der Waals surface area contributed by atoms with E-state index in [1.54, 1.807) is 0 Å². The molecule has 1 atom stereocenters. The lowest BCUT2D eigenvalue weighted by atomic mass is 9.99. The number of para-hydroxylation sites is 1. The van der Waals surface area contributed by atoms with E-state index in [9.17, 15) is 4.79 Å². The minimum absolute atomic E-state index is 0.0129. The molecule has 0 bridgehead atoms. The Hall–Kier alpha value is -3.27. The van der Waals surface area contributed by atoms with Crippen LogP contribution in [0.2, 0.25) is 0 Å². The van der Waals surface area contributed by atoms with Crippen molar-refractivity contribution in [1.82, 2.24) is 4.90 Å². The molecule has 4 nitrogen and oxygen atoms in total. The Morgan fingerprint density at radius 2 is 1.91 bits per heavy atom. The van der Waals surface area contributed by atoms with Crippen molar-refractivity contribution in [3.63, 3.8) is 0 Å². The van der Waals surface area contributed by atoms with E-state index in [1.807, 2.05) is 94.1 Å². The lowest BCUT2D eigenvalue weighted by molar-refractivity contribution is 0.0703. The number of carbonyl (C=O) groups excluding carboxylic acids is 1. The third kappa shape index (κ3) is 5.95. The second-order valence-electron chi connectivity index (χ2n) is 7.59. The third-order valence-corrected chi connectivity index (χ3v) is 5.61. The third-order valence-electron chi connectivity index (χ3n) is 5.61. The van der Waals surface area contributed by atoms with Gasteiger partial charge in [-0.3, -0.25) is 4.79 Å². The first-order chi connectivity index (χ1) is 16.0. The summed E-state index contributed by atoms with van der Waals surface area (Å²) in [4.78, 5) is 15.4. The first-order valence-electron chi connectivity index (χ1n) is 11.9. The number of amides is 1. The van der Waals surface area contributed by atoms with Gasteiger partial charge in [-0.15, -0.1) is 0 Å². The fraction of sp³-hybridized carbons (Fsp3) is 0.345. The topological polar surface area (TPSA) is 41.6 Å². The smallest absolute Gasteiger partial charge is 0.258 e. The van der Waals surface area contributed by atoms with Crippen molar-refractivity contribution in [2.45, 2.75) is 54.1 Å². The molecule has 1 heterocycles. The molecule has 0 aliphatic carbocycles. The summed E-state index contributed by atoms with van der Waals surface area (Å²) < 4.78 is 5.79. The Morgan fingerprint density at radius 3 is 2.55 bits per heavy atom. The highest BCUT2D eigenvalue weighted by atomic mass is 16.5. The van der Waals surface area contributed by atoms with Crippen LogP contribution in [-0.2, 0) is 6.42 Å². The van der Waals surface area contributed by atoms with Crippen LogP contribution in [-0.4, -0.2) is 24.0 Å². The Balaban J connectivity index is 0.00000187. The van der Waals surface area contributed by atoms with E-state index in [1.165, 1.54) is 0 Å². The van der Waals surface area contributed by atoms with Crippen LogP contribution in [0.4, 0.5) is 5.69 Å². The van der Waals surface area contributed by atoms with Crippen molar-refractivity contribution in [2.24, 2.45) is 0 Å². The lowest BCUT2D eigenvalue weighted by Crippen LogP contribution is -2.44. The van der Waals surface area contributed by atoms with Gasteiger partial charge in [0.15, 0.2) is 0 Å². The minimum atomic E-state index is -0.281. The van der Waals surface area contributed by atoms with E-state index < -0.39 is 0 Å². The molecule has 0 fully saturated rings. The number of ether oxygens (including phenoxy) is 1. The zero-order valence-corrected chi connectivity index (χ0v) is 20.9. The van der Waals surface area contributed by atoms with E-state index in [2.05, 4.69) is 24.9 Å². The lowest BCUT2D eigenvalue weighted by Gasteiger charge is -2.39. The average molecular weight is 447 g/mol. The van der Waals surface area contributed by atoms with Gasteiger partial charge in [-0.25, -0.2) is 0 Å². The summed E-state index contributed by atoms with van der Waals surface area (Å²) >= 11 is 0.